The number of methoxy groups -OCH3 is 1. The lowest BCUT2D eigenvalue weighted by Gasteiger charge is -2.37. The summed E-state index contributed by atoms with van der Waals surface area (Å²) in [5.41, 5.74) is 0. The van der Waals surface area contributed by atoms with Gasteiger partial charge in [0.15, 0.2) is 0 Å². The molecule has 0 radical (unpaired) electrons. The summed E-state index contributed by atoms with van der Waals surface area (Å²) >= 11 is 0. The molecular formula is C15H27N3O3. The summed E-state index contributed by atoms with van der Waals surface area (Å²) in [5, 5.41) is 0. The molecule has 0 aliphatic carbocycles. The number of piperidine rings is 1. The minimum Gasteiger partial charge on any atom is -0.381 e. The van der Waals surface area contributed by atoms with Gasteiger partial charge in [0, 0.05) is 52.8 Å². The second-order valence-electron chi connectivity index (χ2n) is 5.83. The lowest BCUT2D eigenvalue weighted by atomic mass is 10.1. The highest BCUT2D eigenvalue weighted by Gasteiger charge is 2.26. The van der Waals surface area contributed by atoms with Crippen molar-refractivity contribution in [2.45, 2.75) is 32.3 Å². The van der Waals surface area contributed by atoms with Crippen LogP contribution in [0.25, 0.3) is 0 Å². The van der Waals surface area contributed by atoms with Crippen molar-refractivity contribution >= 4 is 11.8 Å². The molecule has 2 saturated heterocycles. The van der Waals surface area contributed by atoms with Crippen LogP contribution in [-0.4, -0.2) is 85.5 Å². The van der Waals surface area contributed by atoms with Crippen LogP contribution >= 0.6 is 0 Å². The van der Waals surface area contributed by atoms with Gasteiger partial charge in [-0.05, 0) is 12.8 Å². The SMILES string of the molecule is CCC(=O)N1CCN(C(=O)CN2CCC(OC)CC2)CC1. The number of ether oxygens (including phenoxy) is 1. The maximum Gasteiger partial charge on any atom is 0.236 e. The van der Waals surface area contributed by atoms with E-state index in [-0.39, 0.29) is 11.8 Å². The minimum atomic E-state index is 0.184. The normalized spacial score (nSPS) is 21.6. The topological polar surface area (TPSA) is 53.1 Å². The Bertz CT molecular complexity index is 359. The van der Waals surface area contributed by atoms with Crippen LogP contribution in [0.2, 0.25) is 0 Å². The van der Waals surface area contributed by atoms with Gasteiger partial charge in [0.05, 0.1) is 12.6 Å². The zero-order valence-corrected chi connectivity index (χ0v) is 13.2. The Balaban J connectivity index is 1.71. The number of carbonyl (C=O) groups is 2. The summed E-state index contributed by atoms with van der Waals surface area (Å²) in [6, 6.07) is 0. The lowest BCUT2D eigenvalue weighted by Crippen LogP contribution is -2.53. The minimum absolute atomic E-state index is 0.184. The maximum atomic E-state index is 12.3. The molecule has 0 atom stereocenters. The molecule has 2 fully saturated rings. The Morgan fingerprint density at radius 2 is 1.48 bits per heavy atom. The second kappa shape index (κ2) is 7.75. The Kier molecular flexibility index (Phi) is 5.99. The van der Waals surface area contributed by atoms with Gasteiger partial charge in [-0.1, -0.05) is 6.92 Å². The molecule has 120 valence electrons. The monoisotopic (exact) mass is 297 g/mol. The lowest BCUT2D eigenvalue weighted by molar-refractivity contribution is -0.140. The van der Waals surface area contributed by atoms with Crippen LogP contribution in [0.15, 0.2) is 0 Å². The van der Waals surface area contributed by atoms with E-state index in [4.69, 9.17) is 4.74 Å². The van der Waals surface area contributed by atoms with Gasteiger partial charge in [0.25, 0.3) is 0 Å². The number of amides is 2. The highest BCUT2D eigenvalue weighted by Crippen LogP contribution is 2.13. The fourth-order valence-corrected chi connectivity index (χ4v) is 3.02. The van der Waals surface area contributed by atoms with E-state index in [0.717, 1.165) is 25.9 Å². The largest absolute Gasteiger partial charge is 0.381 e. The fraction of sp³-hybridized carbons (Fsp3) is 0.867. The summed E-state index contributed by atoms with van der Waals surface area (Å²) in [6.07, 6.45) is 2.90. The molecule has 21 heavy (non-hydrogen) atoms. The van der Waals surface area contributed by atoms with Crippen molar-refractivity contribution in [3.63, 3.8) is 0 Å². The van der Waals surface area contributed by atoms with Gasteiger partial charge in [0.1, 0.15) is 0 Å². The average molecular weight is 297 g/mol. The van der Waals surface area contributed by atoms with E-state index in [1.54, 1.807) is 7.11 Å². The third-order valence-corrected chi connectivity index (χ3v) is 4.51. The summed E-state index contributed by atoms with van der Waals surface area (Å²) < 4.78 is 5.35. The number of nitrogens with zero attached hydrogens (tertiary/aromatic N) is 3. The summed E-state index contributed by atoms with van der Waals surface area (Å²) in [7, 11) is 1.75. The predicted molar refractivity (Wildman–Crippen MR) is 79.9 cm³/mol. The van der Waals surface area contributed by atoms with Gasteiger partial charge >= 0.3 is 0 Å². The van der Waals surface area contributed by atoms with Crippen LogP contribution in [0.5, 0.6) is 0 Å². The Morgan fingerprint density at radius 1 is 0.952 bits per heavy atom. The summed E-state index contributed by atoms with van der Waals surface area (Å²) in [6.45, 7) is 6.91. The molecule has 2 rings (SSSR count). The first kappa shape index (κ1) is 16.2. The Labute approximate surface area is 127 Å². The van der Waals surface area contributed by atoms with Gasteiger partial charge in [-0.3, -0.25) is 14.5 Å². The van der Waals surface area contributed by atoms with Crippen molar-refractivity contribution in [2.24, 2.45) is 0 Å². The maximum absolute atomic E-state index is 12.3. The van der Waals surface area contributed by atoms with Gasteiger partial charge in [-0.2, -0.15) is 0 Å². The first-order chi connectivity index (χ1) is 10.1. The van der Waals surface area contributed by atoms with Crippen LogP contribution in [0.4, 0.5) is 0 Å². The molecule has 2 amide bonds. The van der Waals surface area contributed by atoms with E-state index in [0.29, 0.717) is 45.2 Å². The molecule has 6 nitrogen and oxygen atoms in total. The van der Waals surface area contributed by atoms with Crippen molar-refractivity contribution in [1.29, 1.82) is 0 Å². The zero-order chi connectivity index (χ0) is 15.2. The number of carbonyl (C=O) groups excluding carboxylic acids is 2. The van der Waals surface area contributed by atoms with E-state index in [1.807, 2.05) is 16.7 Å². The van der Waals surface area contributed by atoms with Crippen LogP contribution in [0.1, 0.15) is 26.2 Å². The van der Waals surface area contributed by atoms with E-state index in [9.17, 15) is 9.59 Å². The van der Waals surface area contributed by atoms with Crippen molar-refractivity contribution in [3.05, 3.63) is 0 Å². The molecule has 6 heteroatoms. The average Bonchev–Trinajstić information content (AvgIpc) is 2.55. The first-order valence-corrected chi connectivity index (χ1v) is 7.94. The van der Waals surface area contributed by atoms with Crippen LogP contribution in [0.3, 0.4) is 0 Å². The summed E-state index contributed by atoms with van der Waals surface area (Å²) in [5.74, 6) is 0.373. The molecule has 0 aromatic heterocycles. The highest BCUT2D eigenvalue weighted by atomic mass is 16.5. The Hall–Kier alpha value is -1.14. The van der Waals surface area contributed by atoms with E-state index in [1.165, 1.54) is 0 Å². The van der Waals surface area contributed by atoms with Crippen molar-refractivity contribution in [2.75, 3.05) is 52.9 Å². The van der Waals surface area contributed by atoms with E-state index < -0.39 is 0 Å². The second-order valence-corrected chi connectivity index (χ2v) is 5.83. The smallest absolute Gasteiger partial charge is 0.236 e. The van der Waals surface area contributed by atoms with Gasteiger partial charge in [-0.25, -0.2) is 0 Å². The molecule has 0 spiro atoms. The number of piperazine rings is 1. The Morgan fingerprint density at radius 3 is 1.95 bits per heavy atom. The van der Waals surface area contributed by atoms with E-state index >= 15 is 0 Å². The molecule has 2 heterocycles. The standard InChI is InChI=1S/C15H27N3O3/c1-3-14(19)17-8-10-18(11-9-17)15(20)12-16-6-4-13(21-2)5-7-16/h13H,3-12H2,1-2H3. The number of hydrogen-bond acceptors (Lipinski definition) is 4. The molecule has 0 aromatic carbocycles. The molecule has 0 saturated carbocycles. The molecule has 0 bridgehead atoms. The molecule has 2 aliphatic rings. The van der Waals surface area contributed by atoms with Gasteiger partial charge in [-0.15, -0.1) is 0 Å². The van der Waals surface area contributed by atoms with Gasteiger partial charge in [0.2, 0.25) is 11.8 Å². The number of likely N-dealkylation sites (tertiary alicyclic amines) is 1. The number of hydrogen-bond donors (Lipinski definition) is 0. The molecule has 0 N–H and O–H groups in total. The fourth-order valence-electron chi connectivity index (χ4n) is 3.02. The van der Waals surface area contributed by atoms with Crippen molar-refractivity contribution in [3.8, 4) is 0 Å². The summed E-state index contributed by atoms with van der Waals surface area (Å²) in [4.78, 5) is 29.9. The molecule has 2 aliphatic heterocycles. The third kappa shape index (κ3) is 4.41. The van der Waals surface area contributed by atoms with Crippen LogP contribution in [0, 0.1) is 0 Å². The third-order valence-electron chi connectivity index (χ3n) is 4.51. The zero-order valence-electron chi connectivity index (χ0n) is 13.2. The van der Waals surface area contributed by atoms with Crippen LogP contribution < -0.4 is 0 Å². The quantitative estimate of drug-likeness (QED) is 0.743. The highest BCUT2D eigenvalue weighted by molar-refractivity contribution is 5.79. The molecule has 0 aromatic rings. The van der Waals surface area contributed by atoms with Crippen LogP contribution in [-0.2, 0) is 14.3 Å². The first-order valence-electron chi connectivity index (χ1n) is 7.94. The molecular weight excluding hydrogens is 270 g/mol. The predicted octanol–water partition coefficient (Wildman–Crippen LogP) is 0.178. The molecule has 0 unspecified atom stereocenters. The van der Waals surface area contributed by atoms with E-state index in [2.05, 4.69) is 4.90 Å². The number of rotatable bonds is 4. The van der Waals surface area contributed by atoms with Crippen molar-refractivity contribution in [1.82, 2.24) is 14.7 Å². The van der Waals surface area contributed by atoms with Crippen molar-refractivity contribution < 1.29 is 14.3 Å². The van der Waals surface area contributed by atoms with Gasteiger partial charge < -0.3 is 14.5 Å².